The number of hydrogen-bond acceptors (Lipinski definition) is 4. The second-order valence-electron chi connectivity index (χ2n) is 5.14. The molecule has 0 bridgehead atoms. The van der Waals surface area contributed by atoms with Gasteiger partial charge >= 0.3 is 5.97 Å². The number of nitrogens with zero attached hydrogens (tertiary/aromatic N) is 2. The average Bonchev–Trinajstić information content (AvgIpc) is 2.48. The van der Waals surface area contributed by atoms with Crippen molar-refractivity contribution < 1.29 is 9.53 Å². The van der Waals surface area contributed by atoms with Gasteiger partial charge in [0.1, 0.15) is 0 Å². The molecule has 1 heterocycles. The molecule has 0 N–H and O–H groups in total. The highest BCUT2D eigenvalue weighted by Crippen LogP contribution is 2.20. The van der Waals surface area contributed by atoms with E-state index in [0.717, 1.165) is 32.5 Å². The molecule has 1 atom stereocenters. The molecule has 1 aromatic rings. The third kappa shape index (κ3) is 3.82. The summed E-state index contributed by atoms with van der Waals surface area (Å²) in [5, 5.41) is 8.78. The van der Waals surface area contributed by atoms with Gasteiger partial charge in [-0.15, -0.1) is 0 Å². The van der Waals surface area contributed by atoms with Gasteiger partial charge in [-0.1, -0.05) is 12.1 Å². The Labute approximate surface area is 120 Å². The van der Waals surface area contributed by atoms with E-state index in [1.54, 1.807) is 0 Å². The summed E-state index contributed by atoms with van der Waals surface area (Å²) in [6.07, 6.45) is 1.95. The van der Waals surface area contributed by atoms with E-state index in [1.807, 2.05) is 31.2 Å². The van der Waals surface area contributed by atoms with Crippen molar-refractivity contribution >= 4 is 5.97 Å². The predicted molar refractivity (Wildman–Crippen MR) is 75.8 cm³/mol. The summed E-state index contributed by atoms with van der Waals surface area (Å²) in [7, 11) is 0. The maximum absolute atomic E-state index is 11.8. The van der Waals surface area contributed by atoms with Crippen LogP contribution in [0, 0.1) is 17.2 Å². The molecule has 0 spiro atoms. The van der Waals surface area contributed by atoms with Crippen molar-refractivity contribution in [2.45, 2.75) is 26.3 Å². The summed E-state index contributed by atoms with van der Waals surface area (Å²) in [4.78, 5) is 14.1. The van der Waals surface area contributed by atoms with Gasteiger partial charge in [0.05, 0.1) is 24.2 Å². The van der Waals surface area contributed by atoms with Crippen molar-refractivity contribution in [3.63, 3.8) is 0 Å². The van der Waals surface area contributed by atoms with Crippen molar-refractivity contribution in [2.75, 3.05) is 19.7 Å². The number of carbonyl (C=O) groups excluding carboxylic acids is 1. The lowest BCUT2D eigenvalue weighted by Crippen LogP contribution is -2.38. The smallest absolute Gasteiger partial charge is 0.310 e. The Morgan fingerprint density at radius 1 is 1.45 bits per heavy atom. The first-order valence-electron chi connectivity index (χ1n) is 7.11. The minimum Gasteiger partial charge on any atom is -0.466 e. The standard InChI is InChI=1S/C16H20N2O2/c1-2-20-16(19)15-4-3-9-18(12-15)11-14-7-5-13(10-17)6-8-14/h5-8,15H,2-4,9,11-12H2,1H3. The lowest BCUT2D eigenvalue weighted by Gasteiger charge is -2.31. The molecule has 0 aromatic heterocycles. The van der Waals surface area contributed by atoms with E-state index in [0.29, 0.717) is 12.2 Å². The van der Waals surface area contributed by atoms with Crippen LogP contribution in [0.15, 0.2) is 24.3 Å². The monoisotopic (exact) mass is 272 g/mol. The van der Waals surface area contributed by atoms with Crippen LogP contribution in [0.25, 0.3) is 0 Å². The number of esters is 1. The molecule has 0 amide bonds. The largest absolute Gasteiger partial charge is 0.466 e. The van der Waals surface area contributed by atoms with Gasteiger partial charge in [-0.05, 0) is 44.0 Å². The van der Waals surface area contributed by atoms with Gasteiger partial charge in [-0.2, -0.15) is 5.26 Å². The van der Waals surface area contributed by atoms with Crippen LogP contribution in [0.4, 0.5) is 0 Å². The Kier molecular flexibility index (Phi) is 5.14. The molecule has 20 heavy (non-hydrogen) atoms. The lowest BCUT2D eigenvalue weighted by atomic mass is 9.97. The van der Waals surface area contributed by atoms with Gasteiger partial charge in [0, 0.05) is 13.1 Å². The molecule has 2 rings (SSSR count). The zero-order chi connectivity index (χ0) is 14.4. The minimum absolute atomic E-state index is 0.00193. The fourth-order valence-electron chi connectivity index (χ4n) is 2.59. The van der Waals surface area contributed by atoms with E-state index in [4.69, 9.17) is 10.00 Å². The molecule has 1 fully saturated rings. The summed E-state index contributed by atoms with van der Waals surface area (Å²) in [6.45, 7) is 4.89. The SMILES string of the molecule is CCOC(=O)C1CCCN(Cc2ccc(C#N)cc2)C1. The lowest BCUT2D eigenvalue weighted by molar-refractivity contribution is -0.150. The van der Waals surface area contributed by atoms with Crippen molar-refractivity contribution in [3.05, 3.63) is 35.4 Å². The number of benzene rings is 1. The molecule has 1 saturated heterocycles. The van der Waals surface area contributed by atoms with Crippen LogP contribution < -0.4 is 0 Å². The van der Waals surface area contributed by atoms with Crippen LogP contribution in [0.3, 0.4) is 0 Å². The van der Waals surface area contributed by atoms with Crippen LogP contribution in [-0.4, -0.2) is 30.6 Å². The Morgan fingerprint density at radius 3 is 2.85 bits per heavy atom. The minimum atomic E-state index is -0.0722. The Morgan fingerprint density at radius 2 is 2.20 bits per heavy atom. The summed E-state index contributed by atoms with van der Waals surface area (Å²) in [5.74, 6) is -0.0703. The van der Waals surface area contributed by atoms with E-state index in [2.05, 4.69) is 11.0 Å². The van der Waals surface area contributed by atoms with Crippen molar-refractivity contribution in [1.82, 2.24) is 4.90 Å². The average molecular weight is 272 g/mol. The number of hydrogen-bond donors (Lipinski definition) is 0. The molecule has 1 unspecified atom stereocenters. The first-order valence-corrected chi connectivity index (χ1v) is 7.11. The zero-order valence-electron chi connectivity index (χ0n) is 11.8. The van der Waals surface area contributed by atoms with E-state index >= 15 is 0 Å². The van der Waals surface area contributed by atoms with Gasteiger partial charge in [0.2, 0.25) is 0 Å². The van der Waals surface area contributed by atoms with Crippen LogP contribution in [-0.2, 0) is 16.1 Å². The summed E-state index contributed by atoms with van der Waals surface area (Å²) in [6, 6.07) is 9.75. The van der Waals surface area contributed by atoms with Crippen molar-refractivity contribution in [1.29, 1.82) is 5.26 Å². The summed E-state index contributed by atoms with van der Waals surface area (Å²) in [5.41, 5.74) is 1.85. The molecular weight excluding hydrogens is 252 g/mol. The van der Waals surface area contributed by atoms with E-state index in [1.165, 1.54) is 5.56 Å². The highest BCUT2D eigenvalue weighted by atomic mass is 16.5. The normalized spacial score (nSPS) is 19.3. The zero-order valence-corrected chi connectivity index (χ0v) is 11.8. The number of nitriles is 1. The van der Waals surface area contributed by atoms with Gasteiger partial charge in [-0.3, -0.25) is 9.69 Å². The number of carbonyl (C=O) groups is 1. The number of ether oxygens (including phenoxy) is 1. The number of rotatable bonds is 4. The Bertz CT molecular complexity index is 490. The fraction of sp³-hybridized carbons (Fsp3) is 0.500. The summed E-state index contributed by atoms with van der Waals surface area (Å²) >= 11 is 0. The first kappa shape index (κ1) is 14.5. The molecule has 0 radical (unpaired) electrons. The molecule has 1 aliphatic rings. The van der Waals surface area contributed by atoms with Gasteiger partial charge in [0.15, 0.2) is 0 Å². The molecule has 1 aromatic carbocycles. The highest BCUT2D eigenvalue weighted by Gasteiger charge is 2.26. The van der Waals surface area contributed by atoms with E-state index < -0.39 is 0 Å². The molecule has 4 heteroatoms. The predicted octanol–water partition coefficient (Wildman–Crippen LogP) is 2.33. The van der Waals surface area contributed by atoms with Crippen LogP contribution in [0.1, 0.15) is 30.9 Å². The molecule has 0 aliphatic carbocycles. The van der Waals surface area contributed by atoms with Gasteiger partial charge in [-0.25, -0.2) is 0 Å². The first-order chi connectivity index (χ1) is 9.72. The van der Waals surface area contributed by atoms with Crippen LogP contribution in [0.2, 0.25) is 0 Å². The van der Waals surface area contributed by atoms with Gasteiger partial charge in [0.25, 0.3) is 0 Å². The Balaban J connectivity index is 1.92. The Hall–Kier alpha value is -1.86. The van der Waals surface area contributed by atoms with Crippen LogP contribution >= 0.6 is 0 Å². The molecule has 4 nitrogen and oxygen atoms in total. The quantitative estimate of drug-likeness (QED) is 0.789. The maximum atomic E-state index is 11.8. The van der Waals surface area contributed by atoms with E-state index in [-0.39, 0.29) is 11.9 Å². The van der Waals surface area contributed by atoms with Crippen molar-refractivity contribution in [2.24, 2.45) is 5.92 Å². The third-order valence-corrected chi connectivity index (χ3v) is 3.61. The summed E-state index contributed by atoms with van der Waals surface area (Å²) < 4.78 is 5.11. The molecular formula is C16H20N2O2. The van der Waals surface area contributed by atoms with Crippen LogP contribution in [0.5, 0.6) is 0 Å². The molecule has 106 valence electrons. The topological polar surface area (TPSA) is 53.3 Å². The maximum Gasteiger partial charge on any atom is 0.310 e. The highest BCUT2D eigenvalue weighted by molar-refractivity contribution is 5.72. The second-order valence-corrected chi connectivity index (χ2v) is 5.14. The van der Waals surface area contributed by atoms with Gasteiger partial charge < -0.3 is 4.74 Å². The number of likely N-dealkylation sites (tertiary alicyclic amines) is 1. The molecule has 1 aliphatic heterocycles. The molecule has 0 saturated carbocycles. The third-order valence-electron chi connectivity index (χ3n) is 3.61. The van der Waals surface area contributed by atoms with Crippen molar-refractivity contribution in [3.8, 4) is 6.07 Å². The van der Waals surface area contributed by atoms with E-state index in [9.17, 15) is 4.79 Å². The fourth-order valence-corrected chi connectivity index (χ4v) is 2.59. The number of piperidine rings is 1. The second kappa shape index (κ2) is 7.06.